The average Bonchev–Trinajstić information content (AvgIpc) is 2.93. The highest BCUT2D eigenvalue weighted by Crippen LogP contribution is 2.33. The smallest absolute Gasteiger partial charge is 0.336 e. The Hall–Kier alpha value is -1.01. The van der Waals surface area contributed by atoms with Crippen molar-refractivity contribution in [2.45, 2.75) is 6.10 Å². The highest BCUT2D eigenvalue weighted by atomic mass is 31.2. The standard InChI is InChI=1S/C8H11O7P/c1-5(8(10)6-3-14-6)2-15-7(9)4-16(11,12)13/h6H,1-4H2,(H2,11,12,13). The molecule has 1 rings (SSSR count). The van der Waals surface area contributed by atoms with Crippen molar-refractivity contribution in [1.82, 2.24) is 0 Å². The maximum Gasteiger partial charge on any atom is 0.336 e. The summed E-state index contributed by atoms with van der Waals surface area (Å²) in [5.41, 5.74) is 0.0431. The van der Waals surface area contributed by atoms with Crippen molar-refractivity contribution in [3.63, 3.8) is 0 Å². The molecule has 8 heteroatoms. The zero-order valence-electron chi connectivity index (χ0n) is 8.29. The number of carbonyl (C=O) groups is 2. The van der Waals surface area contributed by atoms with Gasteiger partial charge in [-0.1, -0.05) is 6.58 Å². The van der Waals surface area contributed by atoms with Crippen molar-refractivity contribution in [2.75, 3.05) is 19.4 Å². The van der Waals surface area contributed by atoms with Crippen LogP contribution in [0.25, 0.3) is 0 Å². The van der Waals surface area contributed by atoms with Gasteiger partial charge in [0.25, 0.3) is 0 Å². The molecule has 2 N–H and O–H groups in total. The number of esters is 1. The highest BCUT2D eigenvalue weighted by molar-refractivity contribution is 7.52. The summed E-state index contributed by atoms with van der Waals surface area (Å²) in [5, 5.41) is 0. The molecule has 1 aliphatic rings. The van der Waals surface area contributed by atoms with Gasteiger partial charge in [0.15, 0.2) is 5.78 Å². The van der Waals surface area contributed by atoms with E-state index in [0.29, 0.717) is 6.61 Å². The maximum atomic E-state index is 11.2. The normalized spacial score (nSPS) is 19.0. The zero-order chi connectivity index (χ0) is 12.3. The minimum atomic E-state index is -4.43. The van der Waals surface area contributed by atoms with E-state index in [1.165, 1.54) is 0 Å². The van der Waals surface area contributed by atoms with Crippen molar-refractivity contribution < 1.29 is 33.4 Å². The van der Waals surface area contributed by atoms with Crippen LogP contribution in [-0.4, -0.2) is 47.0 Å². The molecule has 1 aliphatic heterocycles. The first kappa shape index (κ1) is 13.1. The summed E-state index contributed by atoms with van der Waals surface area (Å²) < 4.78 is 19.6. The topological polar surface area (TPSA) is 113 Å². The first-order valence-electron chi connectivity index (χ1n) is 4.33. The average molecular weight is 250 g/mol. The van der Waals surface area contributed by atoms with Gasteiger partial charge in [-0.15, -0.1) is 0 Å². The quantitative estimate of drug-likeness (QED) is 0.275. The van der Waals surface area contributed by atoms with Gasteiger partial charge in [-0.3, -0.25) is 14.2 Å². The van der Waals surface area contributed by atoms with E-state index in [2.05, 4.69) is 11.3 Å². The summed E-state index contributed by atoms with van der Waals surface area (Å²) in [6.45, 7) is 3.33. The number of Topliss-reactive ketones (excluding diaryl/α,β-unsaturated/α-hetero) is 1. The van der Waals surface area contributed by atoms with Gasteiger partial charge in [0, 0.05) is 5.57 Å². The van der Waals surface area contributed by atoms with Crippen LogP contribution in [0.15, 0.2) is 12.2 Å². The number of ketones is 1. The molecule has 1 atom stereocenters. The lowest BCUT2D eigenvalue weighted by Gasteiger charge is -2.06. The number of hydrogen-bond donors (Lipinski definition) is 2. The number of carbonyl (C=O) groups excluding carboxylic acids is 2. The molecule has 0 aromatic rings. The Bertz CT molecular complexity index is 365. The molecule has 1 heterocycles. The lowest BCUT2D eigenvalue weighted by molar-refractivity contribution is -0.140. The molecule has 0 amide bonds. The summed E-state index contributed by atoms with van der Waals surface area (Å²) in [4.78, 5) is 39.0. The fraction of sp³-hybridized carbons (Fsp3) is 0.500. The van der Waals surface area contributed by atoms with E-state index in [0.717, 1.165) is 0 Å². The molecular weight excluding hydrogens is 239 g/mol. The second-order valence-electron chi connectivity index (χ2n) is 3.27. The first-order valence-corrected chi connectivity index (χ1v) is 6.13. The molecule has 1 unspecified atom stereocenters. The molecule has 0 aromatic heterocycles. The van der Waals surface area contributed by atoms with Gasteiger partial charge in [0.2, 0.25) is 0 Å². The van der Waals surface area contributed by atoms with Gasteiger partial charge in [0.1, 0.15) is 18.9 Å². The van der Waals surface area contributed by atoms with Crippen LogP contribution in [-0.2, 0) is 23.6 Å². The lowest BCUT2D eigenvalue weighted by Crippen LogP contribution is -2.17. The molecule has 1 fully saturated rings. The molecule has 0 saturated carbocycles. The molecule has 7 nitrogen and oxygen atoms in total. The Kier molecular flexibility index (Phi) is 3.98. The monoisotopic (exact) mass is 250 g/mol. The summed E-state index contributed by atoms with van der Waals surface area (Å²) in [6.07, 6.45) is -1.51. The van der Waals surface area contributed by atoms with Crippen LogP contribution in [0.3, 0.4) is 0 Å². The third-order valence-electron chi connectivity index (χ3n) is 1.72. The van der Waals surface area contributed by atoms with Crippen LogP contribution in [0.4, 0.5) is 0 Å². The van der Waals surface area contributed by atoms with Crippen molar-refractivity contribution in [3.05, 3.63) is 12.2 Å². The summed E-state index contributed by atoms with van der Waals surface area (Å²) in [6, 6.07) is 0. The van der Waals surface area contributed by atoms with Gasteiger partial charge in [-0.2, -0.15) is 0 Å². The number of epoxide rings is 1. The summed E-state index contributed by atoms with van der Waals surface area (Å²) in [7, 11) is -4.43. The molecule has 0 aromatic carbocycles. The predicted molar refractivity (Wildman–Crippen MR) is 51.8 cm³/mol. The van der Waals surface area contributed by atoms with E-state index in [1.54, 1.807) is 0 Å². The molecule has 1 saturated heterocycles. The number of rotatable bonds is 6. The van der Waals surface area contributed by atoms with Gasteiger partial charge in [-0.05, 0) is 0 Å². The van der Waals surface area contributed by atoms with Crippen LogP contribution in [0.1, 0.15) is 0 Å². The number of ether oxygens (including phenoxy) is 2. The Morgan fingerprint density at radius 1 is 1.50 bits per heavy atom. The molecular formula is C8H11O7P. The van der Waals surface area contributed by atoms with Crippen molar-refractivity contribution in [1.29, 1.82) is 0 Å². The summed E-state index contributed by atoms with van der Waals surface area (Å²) in [5.74, 6) is -1.43. The third-order valence-corrected chi connectivity index (χ3v) is 2.39. The van der Waals surface area contributed by atoms with Crippen LogP contribution < -0.4 is 0 Å². The van der Waals surface area contributed by atoms with Gasteiger partial charge >= 0.3 is 13.6 Å². The van der Waals surface area contributed by atoms with Gasteiger partial charge < -0.3 is 19.3 Å². The van der Waals surface area contributed by atoms with Crippen LogP contribution in [0.5, 0.6) is 0 Å². The molecule has 0 aliphatic carbocycles. The van der Waals surface area contributed by atoms with E-state index in [4.69, 9.17) is 14.5 Å². The Morgan fingerprint density at radius 3 is 2.50 bits per heavy atom. The van der Waals surface area contributed by atoms with Gasteiger partial charge in [0.05, 0.1) is 6.61 Å². The Balaban J connectivity index is 2.28. The second-order valence-corrected chi connectivity index (χ2v) is 4.92. The Labute approximate surface area is 91.2 Å². The van der Waals surface area contributed by atoms with Gasteiger partial charge in [-0.25, -0.2) is 0 Å². The van der Waals surface area contributed by atoms with Crippen LogP contribution in [0, 0.1) is 0 Å². The maximum absolute atomic E-state index is 11.2. The van der Waals surface area contributed by atoms with Crippen LogP contribution >= 0.6 is 7.60 Å². The van der Waals surface area contributed by atoms with E-state index in [-0.39, 0.29) is 18.0 Å². The van der Waals surface area contributed by atoms with E-state index in [1.807, 2.05) is 0 Å². The SMILES string of the molecule is C=C(COC(=O)CP(=O)(O)O)C(=O)C1CO1. The fourth-order valence-corrected chi connectivity index (χ4v) is 1.31. The van der Waals surface area contributed by atoms with Crippen molar-refractivity contribution >= 4 is 19.3 Å². The molecule has 0 radical (unpaired) electrons. The van der Waals surface area contributed by atoms with E-state index >= 15 is 0 Å². The predicted octanol–water partition coefficient (Wildman–Crippen LogP) is -0.769. The highest BCUT2D eigenvalue weighted by Gasteiger charge is 2.33. The Morgan fingerprint density at radius 2 is 2.06 bits per heavy atom. The van der Waals surface area contributed by atoms with E-state index in [9.17, 15) is 14.2 Å². The lowest BCUT2D eigenvalue weighted by atomic mass is 10.1. The largest absolute Gasteiger partial charge is 0.460 e. The fourth-order valence-electron chi connectivity index (χ4n) is 0.880. The number of hydrogen-bond acceptors (Lipinski definition) is 5. The van der Waals surface area contributed by atoms with Crippen molar-refractivity contribution in [2.24, 2.45) is 0 Å². The summed E-state index contributed by atoms with van der Waals surface area (Å²) >= 11 is 0. The molecule has 0 bridgehead atoms. The van der Waals surface area contributed by atoms with Crippen molar-refractivity contribution in [3.8, 4) is 0 Å². The van der Waals surface area contributed by atoms with E-state index < -0.39 is 25.8 Å². The molecule has 90 valence electrons. The van der Waals surface area contributed by atoms with Crippen LogP contribution in [0.2, 0.25) is 0 Å². The molecule has 16 heavy (non-hydrogen) atoms. The third kappa shape index (κ3) is 4.67. The zero-order valence-corrected chi connectivity index (χ0v) is 9.18. The minimum absolute atomic E-state index is 0.0431. The second kappa shape index (κ2) is 4.88. The molecule has 0 spiro atoms. The first-order chi connectivity index (χ1) is 7.29. The minimum Gasteiger partial charge on any atom is -0.460 e.